The number of nitrogens with one attached hydrogen (secondary N) is 3. The van der Waals surface area contributed by atoms with Gasteiger partial charge < -0.3 is 42.5 Å². The molecule has 0 radical (unpaired) electrons. The SMILES string of the molecule is CC(C)(O/N=C(\C(=O)N[C@@H]1C(=O)N2C(C(=O)O)=C(C[n+]3cnc(N)c(NC(=O)CCNC(=O)C4=CC(=O)C(=O)CN4O)c3)CS[C@H]12)c1nsc(N)n1)C(=O)O. The van der Waals surface area contributed by atoms with Gasteiger partial charge in [-0.3, -0.25) is 38.9 Å². The van der Waals surface area contributed by atoms with Crippen LogP contribution in [0.2, 0.25) is 0 Å². The van der Waals surface area contributed by atoms with Crippen LogP contribution in [0.4, 0.5) is 16.6 Å². The predicted molar refractivity (Wildman–Crippen MR) is 185 cm³/mol. The van der Waals surface area contributed by atoms with E-state index in [4.69, 9.17) is 16.3 Å². The average Bonchev–Trinajstić information content (AvgIpc) is 3.55. The van der Waals surface area contributed by atoms with Crippen LogP contribution in [0.5, 0.6) is 0 Å². The Hall–Kier alpha value is -6.54. The van der Waals surface area contributed by atoms with Gasteiger partial charge in [-0.15, -0.1) is 11.8 Å². The number of nitrogens with two attached hydrogens (primary N) is 2. The van der Waals surface area contributed by atoms with E-state index in [1.807, 2.05) is 0 Å². The van der Waals surface area contributed by atoms with Crippen LogP contribution in [0.15, 0.2) is 40.7 Å². The number of carboxylic acids is 2. The van der Waals surface area contributed by atoms with Crippen molar-refractivity contribution in [2.45, 2.75) is 43.8 Å². The normalized spacial score (nSPS) is 18.6. The van der Waals surface area contributed by atoms with Crippen molar-refractivity contribution in [1.82, 2.24) is 34.9 Å². The minimum absolute atomic E-state index is 0.0330. The molecule has 5 heterocycles. The van der Waals surface area contributed by atoms with Crippen molar-refractivity contribution >= 4 is 92.8 Å². The van der Waals surface area contributed by atoms with Crippen molar-refractivity contribution in [3.63, 3.8) is 0 Å². The number of nitrogen functional groups attached to an aromatic ring is 2. The van der Waals surface area contributed by atoms with Crippen LogP contribution in [-0.2, 0) is 49.7 Å². The lowest BCUT2D eigenvalue weighted by Gasteiger charge is -2.49. The number of nitrogens with zero attached hydrogens (tertiary/aromatic N) is 7. The monoisotopic (exact) mass is 803 g/mol. The highest BCUT2D eigenvalue weighted by Crippen LogP contribution is 2.40. The number of carbonyl (C=O) groups is 8. The van der Waals surface area contributed by atoms with E-state index in [0.717, 1.165) is 28.2 Å². The standard InChI is InChI=1S/C29H30N12O12S2/c1-29(2,27(50)51)53-37-17(21-36-28(31)55-38-21)23(46)35-18-24(47)41-19(26(48)49)11(9-54-25(18)41)6-39-7-12(20(30)33-10-39)34-16(44)3-4-32-22(45)13-5-14(42)15(43)8-40(13)52/h5,7,10,18,25,30,52H,3-4,6,8-9H2,1-2H3,(H7,31,32,34,35,36,38,44,45,46,48,49,50,51)/p+1/b37-17-/t18-,25-/m1/s1. The molecule has 1 fully saturated rings. The van der Waals surface area contributed by atoms with Crippen molar-refractivity contribution in [2.75, 3.05) is 35.6 Å². The van der Waals surface area contributed by atoms with Gasteiger partial charge in [0.15, 0.2) is 10.8 Å². The van der Waals surface area contributed by atoms with E-state index >= 15 is 0 Å². The Kier molecular flexibility index (Phi) is 11.4. The molecule has 2 aromatic rings. The maximum absolute atomic E-state index is 13.3. The van der Waals surface area contributed by atoms with Gasteiger partial charge in [0, 0.05) is 41.9 Å². The smallest absolute Gasteiger partial charge is 0.352 e. The predicted octanol–water partition coefficient (Wildman–Crippen LogP) is -3.42. The van der Waals surface area contributed by atoms with Gasteiger partial charge in [0.05, 0.1) is 0 Å². The topological polar surface area (TPSA) is 356 Å². The van der Waals surface area contributed by atoms with Crippen molar-refractivity contribution in [1.29, 1.82) is 0 Å². The Morgan fingerprint density at radius 3 is 2.55 bits per heavy atom. The van der Waals surface area contributed by atoms with Gasteiger partial charge in [-0.05, 0) is 18.8 Å². The number of β-lactam (4-membered cyclic amide) rings is 1. The van der Waals surface area contributed by atoms with Gasteiger partial charge in [0.25, 0.3) is 29.9 Å². The summed E-state index contributed by atoms with van der Waals surface area (Å²) in [6.45, 7) is 1.32. The molecule has 4 amide bonds. The molecule has 3 aliphatic heterocycles. The molecule has 3 aliphatic rings. The first-order valence-electron chi connectivity index (χ1n) is 15.7. The van der Waals surface area contributed by atoms with Crippen molar-refractivity contribution in [3.8, 4) is 0 Å². The van der Waals surface area contributed by atoms with Crippen molar-refractivity contribution in [2.24, 2.45) is 5.16 Å². The third kappa shape index (κ3) is 8.65. The van der Waals surface area contributed by atoms with Crippen LogP contribution >= 0.6 is 23.3 Å². The first-order chi connectivity index (χ1) is 25.9. The fraction of sp³-hybridized carbons (Fsp3) is 0.345. The number of aromatic nitrogens is 4. The quantitative estimate of drug-likeness (QED) is 0.0303. The van der Waals surface area contributed by atoms with Gasteiger partial charge in [-0.1, -0.05) is 5.16 Å². The second kappa shape index (κ2) is 15.8. The largest absolute Gasteiger partial charge is 0.478 e. The molecule has 0 saturated carbocycles. The molecule has 2 atom stereocenters. The molecule has 24 nitrogen and oxygen atoms in total. The second-order valence-corrected chi connectivity index (χ2v) is 14.1. The summed E-state index contributed by atoms with van der Waals surface area (Å²) in [4.78, 5) is 112. The second-order valence-electron chi connectivity index (χ2n) is 12.2. The number of anilines is 3. The molecule has 1 saturated heterocycles. The van der Waals surface area contributed by atoms with Gasteiger partial charge in [0.1, 0.15) is 42.1 Å². The molecule has 290 valence electrons. The Labute approximate surface area is 316 Å². The van der Waals surface area contributed by atoms with Crippen LogP contribution < -0.4 is 32.0 Å². The highest BCUT2D eigenvalue weighted by molar-refractivity contribution is 8.00. The molecule has 0 unspecified atom stereocenters. The number of carbonyl (C=O) groups excluding carboxylic acids is 6. The van der Waals surface area contributed by atoms with Crippen molar-refractivity contribution in [3.05, 3.63) is 41.4 Å². The van der Waals surface area contributed by atoms with Crippen LogP contribution in [0.1, 0.15) is 26.1 Å². The number of allylic oxidation sites excluding steroid dienone is 1. The highest BCUT2D eigenvalue weighted by Gasteiger charge is 2.54. The Balaban J connectivity index is 1.24. The molecule has 10 N–H and O–H groups in total. The maximum Gasteiger partial charge on any atom is 0.352 e. The average molecular weight is 804 g/mol. The molecular weight excluding hydrogens is 773 g/mol. The number of hydrogen-bond acceptors (Lipinski definition) is 19. The lowest BCUT2D eigenvalue weighted by atomic mass is 10.0. The number of carboxylic acid groups (broad SMARTS) is 2. The van der Waals surface area contributed by atoms with Gasteiger partial charge >= 0.3 is 11.9 Å². The fourth-order valence-corrected chi connectivity index (χ4v) is 6.73. The highest BCUT2D eigenvalue weighted by atomic mass is 32.2. The molecule has 0 bridgehead atoms. The first-order valence-corrected chi connectivity index (χ1v) is 17.5. The van der Waals surface area contributed by atoms with E-state index < -0.39 is 82.1 Å². The van der Waals surface area contributed by atoms with Crippen LogP contribution in [-0.4, -0.2) is 128 Å². The summed E-state index contributed by atoms with van der Waals surface area (Å²) in [5, 5.41) is 39.7. The molecule has 55 heavy (non-hydrogen) atoms. The number of hydrogen-bond donors (Lipinski definition) is 8. The number of Topliss-reactive ketones (excluding diaryl/α,β-unsaturated/α-hetero) is 1. The minimum Gasteiger partial charge on any atom is -0.478 e. The summed E-state index contributed by atoms with van der Waals surface area (Å²) in [5.74, 6) is -8.32. The summed E-state index contributed by atoms with van der Waals surface area (Å²) in [6, 6.07) is -1.23. The summed E-state index contributed by atoms with van der Waals surface area (Å²) < 4.78 is 5.32. The Bertz CT molecular complexity index is 2120. The van der Waals surface area contributed by atoms with Crippen LogP contribution in [0.3, 0.4) is 0 Å². The van der Waals surface area contributed by atoms with Gasteiger partial charge in [-0.2, -0.15) is 9.36 Å². The number of aliphatic carboxylic acids is 2. The zero-order chi connectivity index (χ0) is 40.4. The summed E-state index contributed by atoms with van der Waals surface area (Å²) >= 11 is 1.86. The van der Waals surface area contributed by atoms with E-state index in [0.29, 0.717) is 11.1 Å². The molecule has 0 spiro atoms. The molecule has 5 rings (SSSR count). The lowest BCUT2D eigenvalue weighted by molar-refractivity contribution is -0.691. The third-order valence-electron chi connectivity index (χ3n) is 7.83. The number of amides is 4. The van der Waals surface area contributed by atoms with E-state index in [1.165, 1.54) is 30.9 Å². The summed E-state index contributed by atoms with van der Waals surface area (Å²) in [7, 11) is 0. The Morgan fingerprint density at radius 2 is 1.89 bits per heavy atom. The first kappa shape index (κ1) is 39.7. The number of thioether (sulfide) groups is 1. The fourth-order valence-electron chi connectivity index (χ4n) is 4.96. The van der Waals surface area contributed by atoms with Crippen molar-refractivity contribution < 1.29 is 63.2 Å². The summed E-state index contributed by atoms with van der Waals surface area (Å²) in [6.07, 6.45) is 3.03. The number of rotatable bonds is 14. The Morgan fingerprint density at radius 1 is 1.16 bits per heavy atom. The van der Waals surface area contributed by atoms with E-state index in [9.17, 15) is 53.8 Å². The van der Waals surface area contributed by atoms with Gasteiger partial charge in [-0.25, -0.2) is 19.2 Å². The molecule has 0 aliphatic carbocycles. The van der Waals surface area contributed by atoms with E-state index in [1.54, 1.807) is 0 Å². The molecule has 26 heteroatoms. The summed E-state index contributed by atoms with van der Waals surface area (Å²) in [5.41, 5.74) is 8.63. The number of hydroxylamine groups is 2. The third-order valence-corrected chi connectivity index (χ3v) is 9.72. The van der Waals surface area contributed by atoms with Crippen LogP contribution in [0.25, 0.3) is 0 Å². The zero-order valence-corrected chi connectivity index (χ0v) is 30.2. The van der Waals surface area contributed by atoms with E-state index in [-0.39, 0.29) is 59.0 Å². The molecule has 0 aromatic carbocycles. The number of oxime groups is 1. The molecule has 2 aromatic heterocycles. The van der Waals surface area contributed by atoms with Gasteiger partial charge in [0.2, 0.25) is 34.6 Å². The number of ketones is 2. The maximum atomic E-state index is 13.3. The molecular formula is C29H31N12O12S2+. The zero-order valence-electron chi connectivity index (χ0n) is 28.5. The van der Waals surface area contributed by atoms with E-state index in [2.05, 4.69) is 35.4 Å². The van der Waals surface area contributed by atoms with Crippen LogP contribution in [0, 0.1) is 0 Å². The lowest BCUT2D eigenvalue weighted by Crippen LogP contribution is -2.71. The number of fused-ring (bicyclic) bond motifs is 1. The minimum atomic E-state index is -1.86.